The summed E-state index contributed by atoms with van der Waals surface area (Å²) in [4.78, 5) is 9.58. The summed E-state index contributed by atoms with van der Waals surface area (Å²) in [6.07, 6.45) is 0. The maximum atomic E-state index is 4.79. The van der Waals surface area contributed by atoms with Gasteiger partial charge in [0.1, 0.15) is 0 Å². The number of halogens is 2. The van der Waals surface area contributed by atoms with Crippen molar-refractivity contribution in [3.05, 3.63) is 71.8 Å². The number of aromatic nitrogens is 2. The van der Waals surface area contributed by atoms with E-state index in [-0.39, 0.29) is 54.4 Å². The van der Waals surface area contributed by atoms with Crippen molar-refractivity contribution in [3.8, 4) is 11.4 Å². The molecule has 0 atom stereocenters. The first-order valence-corrected chi connectivity index (χ1v) is 7.45. The van der Waals surface area contributed by atoms with Crippen molar-refractivity contribution in [2.24, 2.45) is 0 Å². The predicted octanol–water partition coefficient (Wildman–Crippen LogP) is -0.928. The molecule has 0 aliphatic carbocycles. The Hall–Kier alpha value is -1.12. The van der Waals surface area contributed by atoms with Crippen LogP contribution in [0.3, 0.4) is 0 Å². The Bertz CT molecular complexity index is 936. The molecule has 0 unspecified atom stereocenters. The second-order valence-corrected chi connectivity index (χ2v) is 5.68. The molecule has 0 spiro atoms. The topological polar surface area (TPSA) is 25.8 Å². The van der Waals surface area contributed by atoms with E-state index in [2.05, 4.69) is 62.4 Å². The number of fused-ring (bicyclic) bond motifs is 2. The van der Waals surface area contributed by atoms with Crippen molar-refractivity contribution in [2.45, 2.75) is 13.8 Å². The average Bonchev–Trinajstić information content (AvgIpc) is 2.55. The molecule has 2 heterocycles. The molecule has 2 nitrogen and oxygen atoms in total. The maximum absolute atomic E-state index is 4.79. The van der Waals surface area contributed by atoms with E-state index in [1.807, 2.05) is 12.1 Å². The normalized spacial score (nSPS) is 9.84. The summed E-state index contributed by atoms with van der Waals surface area (Å²) < 4.78 is 0. The molecule has 0 aliphatic rings. The number of nitrogens with zero attached hydrogens (tertiary/aromatic N) is 2. The first-order valence-electron chi connectivity index (χ1n) is 7.45. The first-order chi connectivity index (χ1) is 10.7. The molecule has 2 aromatic heterocycles. The Morgan fingerprint density at radius 3 is 1.36 bits per heavy atom. The van der Waals surface area contributed by atoms with E-state index < -0.39 is 0 Å². The third-order valence-corrected chi connectivity index (χ3v) is 4.11. The molecular formula is C20H16Br2N2Pd. The zero-order valence-electron chi connectivity index (χ0n) is 13.7. The fourth-order valence-electron chi connectivity index (χ4n) is 2.96. The number of hydrogen-bond donors (Lipinski definition) is 0. The summed E-state index contributed by atoms with van der Waals surface area (Å²) in [6, 6.07) is 20.7. The molecule has 0 bridgehead atoms. The van der Waals surface area contributed by atoms with Crippen molar-refractivity contribution in [1.29, 1.82) is 0 Å². The third kappa shape index (κ3) is 4.18. The van der Waals surface area contributed by atoms with Crippen LogP contribution in [0.5, 0.6) is 0 Å². The molecule has 0 N–H and O–H groups in total. The Kier molecular flexibility index (Phi) is 7.90. The molecule has 25 heavy (non-hydrogen) atoms. The van der Waals surface area contributed by atoms with Crippen LogP contribution in [0, 0.1) is 13.8 Å². The second kappa shape index (κ2) is 9.00. The predicted molar refractivity (Wildman–Crippen MR) is 92.0 cm³/mol. The molecule has 130 valence electrons. The maximum Gasteiger partial charge on any atom is 2.00 e. The number of pyridine rings is 2. The van der Waals surface area contributed by atoms with Gasteiger partial charge in [-0.25, -0.2) is 9.97 Å². The van der Waals surface area contributed by atoms with Gasteiger partial charge in [0.25, 0.3) is 0 Å². The quantitative estimate of drug-likeness (QED) is 0.287. The van der Waals surface area contributed by atoms with Crippen LogP contribution in [0.1, 0.15) is 11.1 Å². The van der Waals surface area contributed by atoms with E-state index in [1.54, 1.807) is 0 Å². The van der Waals surface area contributed by atoms with Crippen molar-refractivity contribution < 1.29 is 54.4 Å². The van der Waals surface area contributed by atoms with E-state index in [0.29, 0.717) is 0 Å². The summed E-state index contributed by atoms with van der Waals surface area (Å²) >= 11 is 0. The summed E-state index contributed by atoms with van der Waals surface area (Å²) in [7, 11) is 0. The van der Waals surface area contributed by atoms with E-state index in [4.69, 9.17) is 9.97 Å². The molecule has 2 aromatic carbocycles. The number of para-hydroxylation sites is 2. The van der Waals surface area contributed by atoms with Crippen LogP contribution in [-0.4, -0.2) is 9.97 Å². The minimum absolute atomic E-state index is 0. The molecule has 0 aliphatic heterocycles. The number of aryl methyl sites for hydroxylation is 2. The summed E-state index contributed by atoms with van der Waals surface area (Å²) in [6.45, 7) is 4.25. The summed E-state index contributed by atoms with van der Waals surface area (Å²) in [5.74, 6) is 0. The molecule has 0 saturated heterocycles. The van der Waals surface area contributed by atoms with Gasteiger partial charge in [-0.3, -0.25) is 0 Å². The molecule has 5 heteroatoms. The van der Waals surface area contributed by atoms with Crippen LogP contribution < -0.4 is 34.0 Å². The number of benzene rings is 2. The Morgan fingerprint density at radius 1 is 0.600 bits per heavy atom. The minimum Gasteiger partial charge on any atom is -1.00 e. The van der Waals surface area contributed by atoms with Gasteiger partial charge in [-0.15, -0.1) is 0 Å². The second-order valence-electron chi connectivity index (χ2n) is 5.68. The fourth-order valence-corrected chi connectivity index (χ4v) is 2.96. The smallest absolute Gasteiger partial charge is 1.00 e. The molecule has 0 radical (unpaired) electrons. The average molecular weight is 551 g/mol. The summed E-state index contributed by atoms with van der Waals surface area (Å²) in [5, 5.41) is 2.40. The standard InChI is InChI=1S/C20H16N2.2BrH.Pd/c1-13-11-19(21-17-9-5-3-7-15(13)17)20-12-14(2)16-8-4-6-10-18(16)22-20;;;/h3-12H,1-2H3;2*1H;/q;;;+2/p-2. The van der Waals surface area contributed by atoms with Gasteiger partial charge in [0.15, 0.2) is 0 Å². The summed E-state index contributed by atoms with van der Waals surface area (Å²) in [5.41, 5.74) is 6.37. The van der Waals surface area contributed by atoms with Crippen molar-refractivity contribution >= 4 is 21.8 Å². The van der Waals surface area contributed by atoms with Crippen LogP contribution in [0.2, 0.25) is 0 Å². The molecule has 0 saturated carbocycles. The Morgan fingerprint density at radius 2 is 0.960 bits per heavy atom. The van der Waals surface area contributed by atoms with Crippen molar-refractivity contribution in [1.82, 2.24) is 9.97 Å². The van der Waals surface area contributed by atoms with Gasteiger partial charge < -0.3 is 34.0 Å². The Labute approximate surface area is 182 Å². The zero-order chi connectivity index (χ0) is 15.1. The minimum atomic E-state index is 0. The molecular weight excluding hydrogens is 534 g/mol. The monoisotopic (exact) mass is 548 g/mol. The van der Waals surface area contributed by atoms with Gasteiger partial charge in [-0.2, -0.15) is 0 Å². The van der Waals surface area contributed by atoms with Crippen LogP contribution in [0.15, 0.2) is 60.7 Å². The largest absolute Gasteiger partial charge is 2.00 e. The SMILES string of the molecule is Cc1cc(-c2cc(C)c3ccccc3n2)nc2ccccc12.[Br-].[Br-].[Pd+2]. The first kappa shape index (κ1) is 21.9. The van der Waals surface area contributed by atoms with E-state index in [0.717, 1.165) is 22.4 Å². The van der Waals surface area contributed by atoms with Crippen LogP contribution >= 0.6 is 0 Å². The van der Waals surface area contributed by atoms with Gasteiger partial charge in [-0.1, -0.05) is 36.4 Å². The third-order valence-electron chi connectivity index (χ3n) is 4.11. The van der Waals surface area contributed by atoms with E-state index in [9.17, 15) is 0 Å². The van der Waals surface area contributed by atoms with E-state index >= 15 is 0 Å². The molecule has 4 aromatic rings. The van der Waals surface area contributed by atoms with Gasteiger partial charge in [0.05, 0.1) is 22.4 Å². The van der Waals surface area contributed by atoms with Gasteiger partial charge >= 0.3 is 20.4 Å². The fraction of sp³-hybridized carbons (Fsp3) is 0.100. The molecule has 4 rings (SSSR count). The van der Waals surface area contributed by atoms with E-state index in [1.165, 1.54) is 21.9 Å². The molecule has 0 fully saturated rings. The van der Waals surface area contributed by atoms with Gasteiger partial charge in [0.2, 0.25) is 0 Å². The van der Waals surface area contributed by atoms with Crippen LogP contribution in [0.25, 0.3) is 33.2 Å². The van der Waals surface area contributed by atoms with Crippen LogP contribution in [0.4, 0.5) is 0 Å². The van der Waals surface area contributed by atoms with Crippen molar-refractivity contribution in [2.75, 3.05) is 0 Å². The van der Waals surface area contributed by atoms with Gasteiger partial charge in [0, 0.05) is 10.8 Å². The molecule has 0 amide bonds. The van der Waals surface area contributed by atoms with Crippen molar-refractivity contribution in [3.63, 3.8) is 0 Å². The van der Waals surface area contributed by atoms with Gasteiger partial charge in [-0.05, 0) is 49.2 Å². The number of rotatable bonds is 1. The van der Waals surface area contributed by atoms with Crippen LogP contribution in [-0.2, 0) is 20.4 Å². The number of hydrogen-bond acceptors (Lipinski definition) is 2. The zero-order valence-corrected chi connectivity index (χ0v) is 18.5. The Balaban J connectivity index is 0.00000104.